The summed E-state index contributed by atoms with van der Waals surface area (Å²) in [5.74, 6) is -0.924. The van der Waals surface area contributed by atoms with E-state index in [1.807, 2.05) is 18.2 Å². The number of piperidine rings is 1. The minimum absolute atomic E-state index is 0.248. The van der Waals surface area contributed by atoms with E-state index in [-0.39, 0.29) is 12.0 Å². The van der Waals surface area contributed by atoms with Gasteiger partial charge in [0, 0.05) is 25.7 Å². The first-order valence-corrected chi connectivity index (χ1v) is 6.91. The average Bonchev–Trinajstić information content (AvgIpc) is 2.45. The van der Waals surface area contributed by atoms with Gasteiger partial charge in [0.05, 0.1) is 5.92 Å². The van der Waals surface area contributed by atoms with Gasteiger partial charge in [-0.05, 0) is 18.5 Å². The molecule has 0 bridgehead atoms. The lowest BCUT2D eigenvalue weighted by molar-refractivity contribution is -0.144. The maximum Gasteiger partial charge on any atom is 0.307 e. The lowest BCUT2D eigenvalue weighted by Crippen LogP contribution is -2.50. The minimum atomic E-state index is -0.676. The Labute approximate surface area is 114 Å². The highest BCUT2D eigenvalue weighted by Gasteiger charge is 2.30. The van der Waals surface area contributed by atoms with Crippen LogP contribution in [0.5, 0.6) is 0 Å². The van der Waals surface area contributed by atoms with Crippen LogP contribution in [0.4, 0.5) is 0 Å². The number of carbonyl (C=O) groups is 1. The Balaban J connectivity index is 1.90. The number of nitrogens with zero attached hydrogens (tertiary/aromatic N) is 1. The quantitative estimate of drug-likeness (QED) is 0.846. The molecular formula is C15H22N2O2. The van der Waals surface area contributed by atoms with Gasteiger partial charge >= 0.3 is 5.97 Å². The summed E-state index contributed by atoms with van der Waals surface area (Å²) in [6, 6.07) is 10.5. The molecule has 0 spiro atoms. The fourth-order valence-electron chi connectivity index (χ4n) is 2.63. The molecule has 1 aliphatic heterocycles. The number of benzene rings is 1. The Morgan fingerprint density at radius 2 is 2.11 bits per heavy atom. The molecular weight excluding hydrogens is 240 g/mol. The van der Waals surface area contributed by atoms with Gasteiger partial charge in [-0.3, -0.25) is 4.79 Å². The van der Waals surface area contributed by atoms with Crippen molar-refractivity contribution in [2.45, 2.75) is 25.9 Å². The molecule has 2 unspecified atom stereocenters. The third kappa shape index (κ3) is 4.04. The number of likely N-dealkylation sites (tertiary alicyclic amines) is 1. The first-order chi connectivity index (χ1) is 9.19. The molecule has 0 radical (unpaired) electrons. The van der Waals surface area contributed by atoms with Crippen molar-refractivity contribution in [3.63, 3.8) is 0 Å². The summed E-state index contributed by atoms with van der Waals surface area (Å²) in [6.07, 6.45) is 0.721. The van der Waals surface area contributed by atoms with Crippen LogP contribution >= 0.6 is 0 Å². The highest BCUT2D eigenvalue weighted by molar-refractivity contribution is 5.70. The molecule has 19 heavy (non-hydrogen) atoms. The monoisotopic (exact) mass is 262 g/mol. The molecule has 1 fully saturated rings. The largest absolute Gasteiger partial charge is 0.481 e. The van der Waals surface area contributed by atoms with E-state index in [4.69, 9.17) is 0 Å². The molecule has 0 saturated carbocycles. The minimum Gasteiger partial charge on any atom is -0.481 e. The Hall–Kier alpha value is -1.39. The summed E-state index contributed by atoms with van der Waals surface area (Å²) in [6.45, 7) is 5.41. The van der Waals surface area contributed by atoms with Crippen molar-refractivity contribution in [1.29, 1.82) is 0 Å². The highest BCUT2D eigenvalue weighted by atomic mass is 16.4. The second kappa shape index (κ2) is 6.68. The molecule has 1 aromatic carbocycles. The summed E-state index contributed by atoms with van der Waals surface area (Å²) in [5.41, 5.74) is 1.24. The standard InChI is InChI=1S/C15H22N2O2/c1-2-17-10-13(15(18)19)8-14(11-17)16-9-12-6-4-3-5-7-12/h3-7,13-14,16H,2,8-11H2,1H3,(H,18,19). The van der Waals surface area contributed by atoms with Gasteiger partial charge in [0.25, 0.3) is 0 Å². The average molecular weight is 262 g/mol. The van der Waals surface area contributed by atoms with Crippen LogP contribution in [0.1, 0.15) is 18.9 Å². The van der Waals surface area contributed by atoms with Crippen LogP contribution in [0, 0.1) is 5.92 Å². The highest BCUT2D eigenvalue weighted by Crippen LogP contribution is 2.17. The van der Waals surface area contributed by atoms with E-state index in [2.05, 4.69) is 29.3 Å². The molecule has 0 aliphatic carbocycles. The molecule has 4 nitrogen and oxygen atoms in total. The molecule has 2 rings (SSSR count). The smallest absolute Gasteiger partial charge is 0.307 e. The summed E-state index contributed by atoms with van der Waals surface area (Å²) >= 11 is 0. The number of carboxylic acids is 1. The van der Waals surface area contributed by atoms with Crippen LogP contribution in [-0.2, 0) is 11.3 Å². The second-order valence-electron chi connectivity index (χ2n) is 5.19. The van der Waals surface area contributed by atoms with Crippen molar-refractivity contribution >= 4 is 5.97 Å². The fourth-order valence-corrected chi connectivity index (χ4v) is 2.63. The van der Waals surface area contributed by atoms with Gasteiger partial charge in [0.15, 0.2) is 0 Å². The number of aliphatic carboxylic acids is 1. The van der Waals surface area contributed by atoms with E-state index in [0.29, 0.717) is 6.54 Å². The Bertz CT molecular complexity index is 408. The number of nitrogens with one attached hydrogen (secondary N) is 1. The van der Waals surface area contributed by atoms with Gasteiger partial charge in [-0.15, -0.1) is 0 Å². The number of likely N-dealkylation sites (N-methyl/N-ethyl adjacent to an activating group) is 1. The van der Waals surface area contributed by atoms with E-state index in [0.717, 1.165) is 26.1 Å². The van der Waals surface area contributed by atoms with Gasteiger partial charge < -0.3 is 15.3 Å². The van der Waals surface area contributed by atoms with E-state index in [1.165, 1.54) is 5.56 Å². The maximum atomic E-state index is 11.2. The van der Waals surface area contributed by atoms with Crippen LogP contribution in [0.15, 0.2) is 30.3 Å². The van der Waals surface area contributed by atoms with Gasteiger partial charge in [-0.1, -0.05) is 37.3 Å². The Morgan fingerprint density at radius 1 is 1.37 bits per heavy atom. The predicted octanol–water partition coefficient (Wildman–Crippen LogP) is 1.57. The lowest BCUT2D eigenvalue weighted by atomic mass is 9.94. The molecule has 2 N–H and O–H groups in total. The zero-order valence-corrected chi connectivity index (χ0v) is 11.4. The van der Waals surface area contributed by atoms with Crippen molar-refractivity contribution in [3.8, 4) is 0 Å². The Morgan fingerprint density at radius 3 is 2.74 bits per heavy atom. The maximum absolute atomic E-state index is 11.2. The molecule has 1 heterocycles. The third-order valence-corrected chi connectivity index (χ3v) is 3.76. The zero-order valence-electron chi connectivity index (χ0n) is 11.4. The van der Waals surface area contributed by atoms with Gasteiger partial charge in [-0.25, -0.2) is 0 Å². The summed E-state index contributed by atoms with van der Waals surface area (Å²) in [5, 5.41) is 12.7. The first-order valence-electron chi connectivity index (χ1n) is 6.91. The van der Waals surface area contributed by atoms with Crippen LogP contribution in [-0.4, -0.2) is 41.7 Å². The van der Waals surface area contributed by atoms with Crippen molar-refractivity contribution in [1.82, 2.24) is 10.2 Å². The van der Waals surface area contributed by atoms with E-state index < -0.39 is 5.97 Å². The summed E-state index contributed by atoms with van der Waals surface area (Å²) in [7, 11) is 0. The normalized spacial score (nSPS) is 24.3. The SMILES string of the molecule is CCN1CC(NCc2ccccc2)CC(C(=O)O)C1. The van der Waals surface area contributed by atoms with Crippen molar-refractivity contribution < 1.29 is 9.90 Å². The van der Waals surface area contributed by atoms with Gasteiger partial charge in [0.1, 0.15) is 0 Å². The zero-order chi connectivity index (χ0) is 13.7. The topological polar surface area (TPSA) is 52.6 Å². The van der Waals surface area contributed by atoms with Crippen molar-refractivity contribution in [2.24, 2.45) is 5.92 Å². The van der Waals surface area contributed by atoms with E-state index in [9.17, 15) is 9.90 Å². The van der Waals surface area contributed by atoms with Gasteiger partial charge in [0.2, 0.25) is 0 Å². The van der Waals surface area contributed by atoms with Crippen LogP contribution in [0.3, 0.4) is 0 Å². The molecule has 1 aromatic rings. The molecule has 0 aromatic heterocycles. The molecule has 1 aliphatic rings. The molecule has 1 saturated heterocycles. The molecule has 4 heteroatoms. The predicted molar refractivity (Wildman–Crippen MR) is 74.9 cm³/mol. The van der Waals surface area contributed by atoms with Crippen LogP contribution in [0.2, 0.25) is 0 Å². The van der Waals surface area contributed by atoms with E-state index in [1.54, 1.807) is 0 Å². The summed E-state index contributed by atoms with van der Waals surface area (Å²) < 4.78 is 0. The second-order valence-corrected chi connectivity index (χ2v) is 5.19. The van der Waals surface area contributed by atoms with E-state index >= 15 is 0 Å². The fraction of sp³-hybridized carbons (Fsp3) is 0.533. The Kier molecular flexibility index (Phi) is 4.93. The third-order valence-electron chi connectivity index (χ3n) is 3.76. The van der Waals surface area contributed by atoms with Gasteiger partial charge in [-0.2, -0.15) is 0 Å². The number of hydrogen-bond acceptors (Lipinski definition) is 3. The number of carboxylic acid groups (broad SMARTS) is 1. The number of rotatable bonds is 5. The lowest BCUT2D eigenvalue weighted by Gasteiger charge is -2.36. The van der Waals surface area contributed by atoms with Crippen LogP contribution < -0.4 is 5.32 Å². The van der Waals surface area contributed by atoms with Crippen molar-refractivity contribution in [3.05, 3.63) is 35.9 Å². The van der Waals surface area contributed by atoms with Crippen LogP contribution in [0.25, 0.3) is 0 Å². The molecule has 2 atom stereocenters. The molecule has 0 amide bonds. The first kappa shape index (κ1) is 14.0. The van der Waals surface area contributed by atoms with Crippen molar-refractivity contribution in [2.75, 3.05) is 19.6 Å². The molecule has 104 valence electrons. The number of hydrogen-bond donors (Lipinski definition) is 2. The summed E-state index contributed by atoms with van der Waals surface area (Å²) in [4.78, 5) is 13.4.